The molecule has 74 valence electrons. The molecular formula is C10H12N2O2. The Morgan fingerprint density at radius 2 is 2.00 bits per heavy atom. The Hall–Kier alpha value is -1.45. The molecule has 0 saturated carbocycles. The molecule has 1 aromatic heterocycles. The Bertz CT molecular complexity index is 446. The van der Waals surface area contributed by atoms with Crippen molar-refractivity contribution < 1.29 is 4.79 Å². The first kappa shape index (κ1) is 9.12. The smallest absolute Gasteiger partial charge is 0.309 e. The molecular weight excluding hydrogens is 180 g/mol. The lowest BCUT2D eigenvalue weighted by molar-refractivity contribution is 0.0993. The largest absolute Gasteiger partial charge is 0.345 e. The molecule has 0 atom stereocenters. The molecule has 4 heteroatoms. The molecule has 2 rings (SSSR count). The van der Waals surface area contributed by atoms with Gasteiger partial charge in [0.2, 0.25) is 0 Å². The molecule has 0 saturated heterocycles. The molecule has 0 fully saturated rings. The van der Waals surface area contributed by atoms with Crippen molar-refractivity contribution in [3.05, 3.63) is 27.4 Å². The van der Waals surface area contributed by atoms with E-state index in [1.807, 2.05) is 13.8 Å². The van der Waals surface area contributed by atoms with E-state index in [1.54, 1.807) is 0 Å². The van der Waals surface area contributed by atoms with Crippen molar-refractivity contribution in [1.82, 2.24) is 9.97 Å². The molecule has 0 radical (unpaired) electrons. The highest BCUT2D eigenvalue weighted by Crippen LogP contribution is 2.25. The summed E-state index contributed by atoms with van der Waals surface area (Å²) in [7, 11) is 0. The molecule has 1 aromatic rings. The van der Waals surface area contributed by atoms with Gasteiger partial charge in [0.05, 0.1) is 11.3 Å². The van der Waals surface area contributed by atoms with Crippen LogP contribution in [0.5, 0.6) is 0 Å². The molecule has 0 bridgehead atoms. The topological polar surface area (TPSA) is 62.8 Å². The van der Waals surface area contributed by atoms with E-state index in [2.05, 4.69) is 9.97 Å². The van der Waals surface area contributed by atoms with Crippen LogP contribution in [0.25, 0.3) is 0 Å². The minimum absolute atomic E-state index is 0.104. The third-order valence-corrected chi connectivity index (χ3v) is 2.47. The van der Waals surface area contributed by atoms with Gasteiger partial charge in [-0.25, -0.2) is 4.79 Å². The average molecular weight is 192 g/mol. The molecule has 0 spiro atoms. The summed E-state index contributed by atoms with van der Waals surface area (Å²) in [5.74, 6) is 0.223. The maximum Gasteiger partial charge on any atom is 0.345 e. The molecule has 1 heterocycles. The van der Waals surface area contributed by atoms with E-state index in [0.29, 0.717) is 24.1 Å². The van der Waals surface area contributed by atoms with Crippen molar-refractivity contribution in [2.24, 2.45) is 0 Å². The van der Waals surface area contributed by atoms with Crippen LogP contribution in [0.3, 0.4) is 0 Å². The first-order chi connectivity index (χ1) is 6.59. The Morgan fingerprint density at radius 1 is 1.29 bits per heavy atom. The minimum atomic E-state index is -0.345. The summed E-state index contributed by atoms with van der Waals surface area (Å²) in [6.07, 6.45) is 1.14. The Balaban J connectivity index is 2.71. The fraction of sp³-hybridized carbons (Fsp3) is 0.500. The van der Waals surface area contributed by atoms with Gasteiger partial charge in [-0.15, -0.1) is 0 Å². The number of aromatic nitrogens is 2. The number of ketones is 1. The molecule has 0 aromatic carbocycles. The summed E-state index contributed by atoms with van der Waals surface area (Å²) >= 11 is 0. The number of aromatic amines is 1. The van der Waals surface area contributed by atoms with Gasteiger partial charge in [0.15, 0.2) is 5.78 Å². The number of hydrogen-bond donors (Lipinski definition) is 1. The van der Waals surface area contributed by atoms with Gasteiger partial charge in [-0.3, -0.25) is 4.79 Å². The highest BCUT2D eigenvalue weighted by molar-refractivity contribution is 6.00. The summed E-state index contributed by atoms with van der Waals surface area (Å²) in [6.45, 7) is 3.88. The Labute approximate surface area is 81.4 Å². The third kappa shape index (κ3) is 1.27. The van der Waals surface area contributed by atoms with Crippen LogP contribution in [0.4, 0.5) is 0 Å². The number of nitrogens with zero attached hydrogens (tertiary/aromatic N) is 1. The van der Waals surface area contributed by atoms with Crippen LogP contribution in [0.1, 0.15) is 47.9 Å². The molecule has 4 nitrogen and oxygen atoms in total. The Kier molecular flexibility index (Phi) is 1.98. The van der Waals surface area contributed by atoms with E-state index in [4.69, 9.17) is 0 Å². The lowest BCUT2D eigenvalue weighted by atomic mass is 10.0. The quantitative estimate of drug-likeness (QED) is 0.722. The number of Topliss-reactive ketones (excluding diaryl/α,β-unsaturated/α-hetero) is 1. The monoisotopic (exact) mass is 192 g/mol. The highest BCUT2D eigenvalue weighted by atomic mass is 16.1. The van der Waals surface area contributed by atoms with Crippen LogP contribution in [0, 0.1) is 0 Å². The van der Waals surface area contributed by atoms with Crippen molar-refractivity contribution in [3.8, 4) is 0 Å². The van der Waals surface area contributed by atoms with E-state index >= 15 is 0 Å². The molecule has 1 aliphatic carbocycles. The summed E-state index contributed by atoms with van der Waals surface area (Å²) in [4.78, 5) is 29.2. The third-order valence-electron chi connectivity index (χ3n) is 2.47. The van der Waals surface area contributed by atoms with Gasteiger partial charge >= 0.3 is 5.69 Å². The van der Waals surface area contributed by atoms with Crippen LogP contribution in [0.2, 0.25) is 0 Å². The van der Waals surface area contributed by atoms with Crippen LogP contribution < -0.4 is 5.69 Å². The molecule has 14 heavy (non-hydrogen) atoms. The fourth-order valence-corrected chi connectivity index (χ4v) is 1.82. The van der Waals surface area contributed by atoms with E-state index in [0.717, 1.165) is 5.69 Å². The fourth-order valence-electron chi connectivity index (χ4n) is 1.82. The predicted octanol–water partition coefficient (Wildman–Crippen LogP) is 1.02. The van der Waals surface area contributed by atoms with Gasteiger partial charge in [-0.2, -0.15) is 4.98 Å². The van der Waals surface area contributed by atoms with E-state index < -0.39 is 0 Å². The second-order valence-electron chi connectivity index (χ2n) is 3.86. The van der Waals surface area contributed by atoms with E-state index in [1.165, 1.54) is 0 Å². The second-order valence-corrected chi connectivity index (χ2v) is 3.86. The van der Waals surface area contributed by atoms with Gasteiger partial charge in [0, 0.05) is 12.1 Å². The van der Waals surface area contributed by atoms with Gasteiger partial charge in [0.25, 0.3) is 0 Å². The summed E-state index contributed by atoms with van der Waals surface area (Å²) in [5.41, 5.74) is 1.71. The average Bonchev–Trinajstić information content (AvgIpc) is 2.46. The van der Waals surface area contributed by atoms with Crippen molar-refractivity contribution in [3.63, 3.8) is 0 Å². The summed E-state index contributed by atoms with van der Waals surface area (Å²) in [5, 5.41) is 0. The van der Waals surface area contributed by atoms with Gasteiger partial charge in [-0.05, 0) is 12.3 Å². The summed E-state index contributed by atoms with van der Waals surface area (Å²) in [6, 6.07) is 0. The first-order valence-electron chi connectivity index (χ1n) is 4.76. The number of carbonyl (C=O) groups is 1. The number of carbonyl (C=O) groups excluding carboxylic acids is 1. The second kappa shape index (κ2) is 3.04. The van der Waals surface area contributed by atoms with Crippen LogP contribution in [-0.4, -0.2) is 15.8 Å². The SMILES string of the molecule is CC(C)c1nc(=O)[nH]c2c1C(=O)CC2. The normalized spacial score (nSPS) is 14.9. The lowest BCUT2D eigenvalue weighted by Gasteiger charge is -2.07. The van der Waals surface area contributed by atoms with Gasteiger partial charge in [-0.1, -0.05) is 13.8 Å². The standard InChI is InChI=1S/C10H12N2O2/c1-5(2)9-8-6(3-4-7(8)13)11-10(14)12-9/h5H,3-4H2,1-2H3,(H,11,12,14). The molecule has 0 aliphatic heterocycles. The zero-order valence-corrected chi connectivity index (χ0v) is 8.26. The van der Waals surface area contributed by atoms with Crippen LogP contribution in [-0.2, 0) is 6.42 Å². The van der Waals surface area contributed by atoms with Gasteiger partial charge < -0.3 is 4.98 Å². The van der Waals surface area contributed by atoms with Crippen molar-refractivity contribution in [2.75, 3.05) is 0 Å². The molecule has 0 amide bonds. The van der Waals surface area contributed by atoms with Crippen LogP contribution in [0.15, 0.2) is 4.79 Å². The number of rotatable bonds is 1. The highest BCUT2D eigenvalue weighted by Gasteiger charge is 2.26. The number of H-pyrrole nitrogens is 1. The van der Waals surface area contributed by atoms with Crippen molar-refractivity contribution in [2.45, 2.75) is 32.6 Å². The number of aryl methyl sites for hydroxylation is 1. The van der Waals surface area contributed by atoms with E-state index in [9.17, 15) is 9.59 Å². The maximum atomic E-state index is 11.5. The lowest BCUT2D eigenvalue weighted by Crippen LogP contribution is -2.18. The maximum absolute atomic E-state index is 11.5. The number of nitrogens with one attached hydrogen (secondary N) is 1. The van der Waals surface area contributed by atoms with Crippen molar-refractivity contribution >= 4 is 5.78 Å². The molecule has 0 unspecified atom stereocenters. The van der Waals surface area contributed by atoms with Gasteiger partial charge in [0.1, 0.15) is 0 Å². The minimum Gasteiger partial charge on any atom is -0.309 e. The van der Waals surface area contributed by atoms with Crippen molar-refractivity contribution in [1.29, 1.82) is 0 Å². The first-order valence-corrected chi connectivity index (χ1v) is 4.76. The number of hydrogen-bond acceptors (Lipinski definition) is 3. The van der Waals surface area contributed by atoms with E-state index in [-0.39, 0.29) is 17.4 Å². The summed E-state index contributed by atoms with van der Waals surface area (Å²) < 4.78 is 0. The van der Waals surface area contributed by atoms with Crippen LogP contribution >= 0.6 is 0 Å². The molecule has 1 N–H and O–H groups in total. The number of fused-ring (bicyclic) bond motifs is 1. The zero-order valence-electron chi connectivity index (χ0n) is 8.26. The molecule has 1 aliphatic rings. The Morgan fingerprint density at radius 3 is 2.64 bits per heavy atom. The predicted molar refractivity (Wildman–Crippen MR) is 51.6 cm³/mol. The zero-order chi connectivity index (χ0) is 10.3.